The average molecular weight is 203 g/mol. The third-order valence-electron chi connectivity index (χ3n) is 3.62. The van der Waals surface area contributed by atoms with Crippen LogP contribution in [0.2, 0.25) is 0 Å². The number of nitrogens with two attached hydrogens (primary N) is 1. The van der Waals surface area contributed by atoms with Crippen molar-refractivity contribution < 1.29 is 0 Å². The topological polar surface area (TPSA) is 54.7 Å². The lowest BCUT2D eigenvalue weighted by Crippen LogP contribution is -2.12. The molecule has 80 valence electrons. The maximum Gasteiger partial charge on any atom is 0.122 e. The van der Waals surface area contributed by atoms with E-state index in [1.165, 1.54) is 12.8 Å². The summed E-state index contributed by atoms with van der Waals surface area (Å²) >= 11 is 0. The Labute approximate surface area is 90.5 Å². The molecule has 0 amide bonds. The maximum absolute atomic E-state index is 9.01. The SMILES string of the molecule is Cc1c(C#N)c(N)n(CC2(C)CC2)c1C. The fourth-order valence-corrected chi connectivity index (χ4v) is 1.99. The van der Waals surface area contributed by atoms with Gasteiger partial charge in [-0.2, -0.15) is 5.26 Å². The number of nitriles is 1. The Morgan fingerprint density at radius 1 is 1.47 bits per heavy atom. The minimum Gasteiger partial charge on any atom is -0.384 e. The first-order chi connectivity index (χ1) is 6.98. The van der Waals surface area contributed by atoms with Gasteiger partial charge in [0.1, 0.15) is 11.9 Å². The van der Waals surface area contributed by atoms with Crippen molar-refractivity contribution in [2.75, 3.05) is 5.73 Å². The molecule has 3 nitrogen and oxygen atoms in total. The van der Waals surface area contributed by atoms with E-state index in [1.54, 1.807) is 0 Å². The van der Waals surface area contributed by atoms with Crippen LogP contribution in [0.25, 0.3) is 0 Å². The average Bonchev–Trinajstić information content (AvgIpc) is 2.88. The van der Waals surface area contributed by atoms with E-state index in [2.05, 4.69) is 17.6 Å². The van der Waals surface area contributed by atoms with Crippen LogP contribution in [-0.4, -0.2) is 4.57 Å². The number of hydrogen-bond acceptors (Lipinski definition) is 2. The minimum absolute atomic E-state index is 0.414. The summed E-state index contributed by atoms with van der Waals surface area (Å²) in [5, 5.41) is 9.01. The fraction of sp³-hybridized carbons (Fsp3) is 0.583. The van der Waals surface area contributed by atoms with Gasteiger partial charge in [0, 0.05) is 12.2 Å². The molecule has 0 radical (unpaired) electrons. The van der Waals surface area contributed by atoms with E-state index in [0.717, 1.165) is 17.8 Å². The van der Waals surface area contributed by atoms with E-state index in [4.69, 9.17) is 11.0 Å². The molecule has 0 spiro atoms. The molecule has 1 heterocycles. The summed E-state index contributed by atoms with van der Waals surface area (Å²) in [7, 11) is 0. The lowest BCUT2D eigenvalue weighted by molar-refractivity contribution is 0.463. The van der Waals surface area contributed by atoms with Gasteiger partial charge in [-0.15, -0.1) is 0 Å². The summed E-state index contributed by atoms with van der Waals surface area (Å²) in [4.78, 5) is 0. The molecule has 1 aromatic rings. The Bertz CT molecular complexity index is 444. The second-order valence-electron chi connectivity index (χ2n) is 4.98. The zero-order valence-electron chi connectivity index (χ0n) is 9.59. The summed E-state index contributed by atoms with van der Waals surface area (Å²) < 4.78 is 2.10. The molecule has 0 bridgehead atoms. The van der Waals surface area contributed by atoms with E-state index in [0.29, 0.717) is 16.8 Å². The molecule has 1 aliphatic carbocycles. The molecular formula is C12H17N3. The van der Waals surface area contributed by atoms with Crippen LogP contribution in [0.5, 0.6) is 0 Å². The summed E-state index contributed by atoms with van der Waals surface area (Å²) in [6, 6.07) is 2.19. The van der Waals surface area contributed by atoms with Gasteiger partial charge in [0.15, 0.2) is 0 Å². The first-order valence-electron chi connectivity index (χ1n) is 5.34. The molecule has 0 aromatic carbocycles. The standard InChI is InChI=1S/C12H17N3/c1-8-9(2)15(7-12(3)4-5-12)11(14)10(8)6-13/h4-5,7,14H2,1-3H3. The predicted molar refractivity (Wildman–Crippen MR) is 60.4 cm³/mol. The van der Waals surface area contributed by atoms with Gasteiger partial charge in [0.05, 0.1) is 5.56 Å². The van der Waals surface area contributed by atoms with Crippen LogP contribution in [0, 0.1) is 30.6 Å². The highest BCUT2D eigenvalue weighted by Gasteiger charge is 2.38. The van der Waals surface area contributed by atoms with Crippen molar-refractivity contribution in [1.82, 2.24) is 4.57 Å². The van der Waals surface area contributed by atoms with Crippen molar-refractivity contribution in [1.29, 1.82) is 5.26 Å². The summed E-state index contributed by atoms with van der Waals surface area (Å²) in [5.41, 5.74) is 9.22. The van der Waals surface area contributed by atoms with E-state index < -0.39 is 0 Å². The van der Waals surface area contributed by atoms with Crippen LogP contribution < -0.4 is 5.73 Å². The fourth-order valence-electron chi connectivity index (χ4n) is 1.99. The van der Waals surface area contributed by atoms with Gasteiger partial charge in [-0.25, -0.2) is 0 Å². The minimum atomic E-state index is 0.414. The number of nitrogens with zero attached hydrogens (tertiary/aromatic N) is 2. The van der Waals surface area contributed by atoms with Gasteiger partial charge in [-0.3, -0.25) is 0 Å². The van der Waals surface area contributed by atoms with Crippen molar-refractivity contribution in [3.05, 3.63) is 16.8 Å². The van der Waals surface area contributed by atoms with Crippen LogP contribution in [0.4, 0.5) is 5.82 Å². The molecule has 0 atom stereocenters. The van der Waals surface area contributed by atoms with Crippen molar-refractivity contribution in [2.45, 2.75) is 40.2 Å². The van der Waals surface area contributed by atoms with Gasteiger partial charge in [-0.1, -0.05) is 6.92 Å². The lowest BCUT2D eigenvalue weighted by atomic mass is 10.1. The predicted octanol–water partition coefficient (Wildman–Crippen LogP) is 2.36. The molecule has 1 saturated carbocycles. The van der Waals surface area contributed by atoms with Crippen molar-refractivity contribution in [2.24, 2.45) is 5.41 Å². The molecule has 2 rings (SSSR count). The van der Waals surface area contributed by atoms with Crippen LogP contribution in [0.3, 0.4) is 0 Å². The summed E-state index contributed by atoms with van der Waals surface area (Å²) in [6.07, 6.45) is 2.54. The van der Waals surface area contributed by atoms with Gasteiger partial charge in [-0.05, 0) is 37.7 Å². The maximum atomic E-state index is 9.01. The van der Waals surface area contributed by atoms with E-state index >= 15 is 0 Å². The highest BCUT2D eigenvalue weighted by Crippen LogP contribution is 2.47. The van der Waals surface area contributed by atoms with E-state index in [-0.39, 0.29) is 0 Å². The summed E-state index contributed by atoms with van der Waals surface area (Å²) in [5.74, 6) is 0.639. The normalized spacial score (nSPS) is 17.5. The Morgan fingerprint density at radius 2 is 2.07 bits per heavy atom. The largest absolute Gasteiger partial charge is 0.384 e. The Kier molecular flexibility index (Phi) is 2.04. The molecule has 1 aromatic heterocycles. The van der Waals surface area contributed by atoms with Gasteiger partial charge in [0.25, 0.3) is 0 Å². The third kappa shape index (κ3) is 1.50. The van der Waals surface area contributed by atoms with Crippen molar-refractivity contribution in [3.63, 3.8) is 0 Å². The van der Waals surface area contributed by atoms with Crippen molar-refractivity contribution in [3.8, 4) is 6.07 Å². The quantitative estimate of drug-likeness (QED) is 0.802. The molecule has 2 N–H and O–H groups in total. The first-order valence-corrected chi connectivity index (χ1v) is 5.34. The second kappa shape index (κ2) is 3.03. The highest BCUT2D eigenvalue weighted by atomic mass is 15.1. The van der Waals surface area contributed by atoms with Crippen LogP contribution >= 0.6 is 0 Å². The second-order valence-corrected chi connectivity index (χ2v) is 4.98. The Morgan fingerprint density at radius 3 is 2.47 bits per heavy atom. The number of aromatic nitrogens is 1. The molecule has 1 aliphatic rings. The van der Waals surface area contributed by atoms with Crippen LogP contribution in [0.15, 0.2) is 0 Å². The van der Waals surface area contributed by atoms with Gasteiger partial charge >= 0.3 is 0 Å². The molecule has 3 heteroatoms. The monoisotopic (exact) mass is 203 g/mol. The number of nitrogen functional groups attached to an aromatic ring is 1. The molecule has 1 fully saturated rings. The van der Waals surface area contributed by atoms with Crippen molar-refractivity contribution >= 4 is 5.82 Å². The molecule has 0 aliphatic heterocycles. The molecule has 15 heavy (non-hydrogen) atoms. The number of rotatable bonds is 2. The van der Waals surface area contributed by atoms with Gasteiger partial charge < -0.3 is 10.3 Å². The third-order valence-corrected chi connectivity index (χ3v) is 3.62. The van der Waals surface area contributed by atoms with E-state index in [1.807, 2.05) is 13.8 Å². The zero-order valence-corrected chi connectivity index (χ0v) is 9.59. The molecule has 0 saturated heterocycles. The first kappa shape index (κ1) is 10.1. The highest BCUT2D eigenvalue weighted by molar-refractivity contribution is 5.57. The molecular weight excluding hydrogens is 186 g/mol. The zero-order chi connectivity index (χ0) is 11.2. The van der Waals surface area contributed by atoms with Gasteiger partial charge in [0.2, 0.25) is 0 Å². The number of hydrogen-bond donors (Lipinski definition) is 1. The lowest BCUT2D eigenvalue weighted by Gasteiger charge is -2.13. The molecule has 0 unspecified atom stereocenters. The van der Waals surface area contributed by atoms with Crippen LogP contribution in [-0.2, 0) is 6.54 Å². The summed E-state index contributed by atoms with van der Waals surface area (Å²) in [6.45, 7) is 7.23. The Balaban J connectivity index is 2.43. The van der Waals surface area contributed by atoms with Crippen LogP contribution in [0.1, 0.15) is 36.6 Å². The smallest absolute Gasteiger partial charge is 0.122 e. The van der Waals surface area contributed by atoms with E-state index in [9.17, 15) is 0 Å². The Hall–Kier alpha value is -1.43. The number of anilines is 1.